The van der Waals surface area contributed by atoms with Crippen molar-refractivity contribution in [1.82, 2.24) is 19.8 Å². The molecule has 23 heavy (non-hydrogen) atoms. The Labute approximate surface area is 138 Å². The molecule has 0 amide bonds. The van der Waals surface area contributed by atoms with Gasteiger partial charge in [-0.05, 0) is 26.1 Å². The fourth-order valence-corrected chi connectivity index (χ4v) is 3.29. The number of benzene rings is 1. The lowest BCUT2D eigenvalue weighted by molar-refractivity contribution is 0.181. The van der Waals surface area contributed by atoms with E-state index in [1.54, 1.807) is 0 Å². The van der Waals surface area contributed by atoms with Crippen LogP contribution in [0.15, 0.2) is 36.5 Å². The van der Waals surface area contributed by atoms with Gasteiger partial charge in [0.15, 0.2) is 0 Å². The number of nitrogens with zero attached hydrogens (tertiary/aromatic N) is 4. The number of anilines is 1. The van der Waals surface area contributed by atoms with Crippen LogP contribution in [0.3, 0.4) is 0 Å². The first-order valence-corrected chi connectivity index (χ1v) is 8.37. The molecule has 5 heteroatoms. The van der Waals surface area contributed by atoms with Crippen molar-refractivity contribution in [2.24, 2.45) is 7.05 Å². The number of imidazole rings is 1. The van der Waals surface area contributed by atoms with Gasteiger partial charge in [-0.2, -0.15) is 0 Å². The smallest absolute Gasteiger partial charge is 0.105 e. The molecule has 2 heterocycles. The Morgan fingerprint density at radius 2 is 1.83 bits per heavy atom. The van der Waals surface area contributed by atoms with Gasteiger partial charge in [0.25, 0.3) is 0 Å². The van der Waals surface area contributed by atoms with Crippen LogP contribution in [-0.2, 0) is 7.05 Å². The highest BCUT2D eigenvalue weighted by molar-refractivity contribution is 5.46. The normalized spacial score (nSPS) is 17.4. The molecule has 1 aromatic heterocycles. The molecule has 1 atom stereocenters. The summed E-state index contributed by atoms with van der Waals surface area (Å²) < 4.78 is 2.11. The SMILES string of the molecule is CNCC(c1cn(C)c(C)n1)N1CCN(c2ccccc2)CC1. The molecular formula is C18H27N5. The van der Waals surface area contributed by atoms with Crippen LogP contribution in [0, 0.1) is 6.92 Å². The predicted molar refractivity (Wildman–Crippen MR) is 94.8 cm³/mol. The molecule has 0 radical (unpaired) electrons. The van der Waals surface area contributed by atoms with Crippen molar-refractivity contribution in [1.29, 1.82) is 0 Å². The van der Waals surface area contributed by atoms with E-state index in [1.165, 1.54) is 11.4 Å². The highest BCUT2D eigenvalue weighted by Crippen LogP contribution is 2.23. The monoisotopic (exact) mass is 313 g/mol. The summed E-state index contributed by atoms with van der Waals surface area (Å²) in [6, 6.07) is 11.0. The van der Waals surface area contributed by atoms with E-state index in [4.69, 9.17) is 4.98 Å². The van der Waals surface area contributed by atoms with Crippen LogP contribution in [0.5, 0.6) is 0 Å². The Morgan fingerprint density at radius 3 is 2.39 bits per heavy atom. The van der Waals surface area contributed by atoms with Gasteiger partial charge in [0.05, 0.1) is 11.7 Å². The van der Waals surface area contributed by atoms with E-state index in [2.05, 4.69) is 70.2 Å². The lowest BCUT2D eigenvalue weighted by atomic mass is 10.1. The predicted octanol–water partition coefficient (Wildman–Crippen LogP) is 1.81. The van der Waals surface area contributed by atoms with E-state index < -0.39 is 0 Å². The molecule has 0 aliphatic carbocycles. The molecule has 1 saturated heterocycles. The van der Waals surface area contributed by atoms with E-state index in [-0.39, 0.29) is 0 Å². The molecule has 3 rings (SSSR count). The van der Waals surface area contributed by atoms with Gasteiger partial charge in [0.1, 0.15) is 5.82 Å². The van der Waals surface area contributed by atoms with E-state index >= 15 is 0 Å². The first-order valence-electron chi connectivity index (χ1n) is 8.37. The maximum Gasteiger partial charge on any atom is 0.105 e. The summed E-state index contributed by atoms with van der Waals surface area (Å²) in [6.07, 6.45) is 2.17. The summed E-state index contributed by atoms with van der Waals surface area (Å²) >= 11 is 0. The number of aryl methyl sites for hydroxylation is 2. The molecule has 0 saturated carbocycles. The van der Waals surface area contributed by atoms with Crippen molar-refractivity contribution in [3.63, 3.8) is 0 Å². The lowest BCUT2D eigenvalue weighted by Crippen LogP contribution is -2.49. The first-order chi connectivity index (χ1) is 11.2. The van der Waals surface area contributed by atoms with Crippen LogP contribution in [-0.4, -0.2) is 54.2 Å². The zero-order valence-corrected chi connectivity index (χ0v) is 14.4. The number of rotatable bonds is 5. The van der Waals surface area contributed by atoms with Gasteiger partial charge in [-0.3, -0.25) is 4.90 Å². The van der Waals surface area contributed by atoms with Crippen molar-refractivity contribution in [2.45, 2.75) is 13.0 Å². The second-order valence-corrected chi connectivity index (χ2v) is 6.26. The maximum absolute atomic E-state index is 4.75. The topological polar surface area (TPSA) is 36.3 Å². The molecule has 0 spiro atoms. The Kier molecular flexibility index (Phi) is 4.98. The van der Waals surface area contributed by atoms with Crippen LogP contribution in [0.4, 0.5) is 5.69 Å². The van der Waals surface area contributed by atoms with E-state index in [0.29, 0.717) is 6.04 Å². The van der Waals surface area contributed by atoms with Gasteiger partial charge in [-0.1, -0.05) is 18.2 Å². The molecule has 1 aromatic carbocycles. The van der Waals surface area contributed by atoms with Crippen LogP contribution in [0.25, 0.3) is 0 Å². The average Bonchev–Trinajstić information content (AvgIpc) is 2.92. The van der Waals surface area contributed by atoms with E-state index in [0.717, 1.165) is 38.5 Å². The third-order valence-corrected chi connectivity index (χ3v) is 4.74. The summed E-state index contributed by atoms with van der Waals surface area (Å²) in [5.74, 6) is 1.07. The Bertz CT molecular complexity index is 594. The van der Waals surface area contributed by atoms with Crippen molar-refractivity contribution >= 4 is 5.69 Å². The number of aromatic nitrogens is 2. The number of hydrogen-bond acceptors (Lipinski definition) is 4. The summed E-state index contributed by atoms with van der Waals surface area (Å²) in [4.78, 5) is 9.77. The fourth-order valence-electron chi connectivity index (χ4n) is 3.29. The van der Waals surface area contributed by atoms with Gasteiger partial charge in [0, 0.05) is 51.7 Å². The first kappa shape index (κ1) is 16.0. The summed E-state index contributed by atoms with van der Waals surface area (Å²) in [6.45, 7) is 7.26. The zero-order chi connectivity index (χ0) is 16.2. The quantitative estimate of drug-likeness (QED) is 0.913. The largest absolute Gasteiger partial charge is 0.369 e. The van der Waals surface area contributed by atoms with Crippen LogP contribution >= 0.6 is 0 Å². The highest BCUT2D eigenvalue weighted by atomic mass is 15.3. The molecule has 2 aromatic rings. The minimum absolute atomic E-state index is 0.345. The number of piperazine rings is 1. The lowest BCUT2D eigenvalue weighted by Gasteiger charge is -2.39. The van der Waals surface area contributed by atoms with Crippen molar-refractivity contribution < 1.29 is 0 Å². The fraction of sp³-hybridized carbons (Fsp3) is 0.500. The van der Waals surface area contributed by atoms with Gasteiger partial charge in [-0.15, -0.1) is 0 Å². The summed E-state index contributed by atoms with van der Waals surface area (Å²) in [7, 11) is 4.08. The van der Waals surface area contributed by atoms with Gasteiger partial charge in [-0.25, -0.2) is 4.98 Å². The molecule has 1 N–H and O–H groups in total. The number of hydrogen-bond donors (Lipinski definition) is 1. The Morgan fingerprint density at radius 1 is 1.13 bits per heavy atom. The van der Waals surface area contributed by atoms with Gasteiger partial charge < -0.3 is 14.8 Å². The third-order valence-electron chi connectivity index (χ3n) is 4.74. The third kappa shape index (κ3) is 3.57. The van der Waals surface area contributed by atoms with Crippen molar-refractivity contribution in [3.8, 4) is 0 Å². The van der Waals surface area contributed by atoms with Crippen LogP contribution in [0.2, 0.25) is 0 Å². The molecule has 5 nitrogen and oxygen atoms in total. The number of para-hydroxylation sites is 1. The van der Waals surface area contributed by atoms with Crippen LogP contribution < -0.4 is 10.2 Å². The van der Waals surface area contributed by atoms with Gasteiger partial charge in [0.2, 0.25) is 0 Å². The highest BCUT2D eigenvalue weighted by Gasteiger charge is 2.26. The summed E-state index contributed by atoms with van der Waals surface area (Å²) in [5.41, 5.74) is 2.50. The second-order valence-electron chi connectivity index (χ2n) is 6.26. The maximum atomic E-state index is 4.75. The molecule has 1 unspecified atom stereocenters. The van der Waals surface area contributed by atoms with E-state index in [1.807, 2.05) is 7.05 Å². The second kappa shape index (κ2) is 7.15. The molecule has 1 fully saturated rings. The Balaban J connectivity index is 1.68. The molecular weight excluding hydrogens is 286 g/mol. The molecule has 1 aliphatic rings. The zero-order valence-electron chi connectivity index (χ0n) is 14.4. The number of likely N-dealkylation sites (N-methyl/N-ethyl adjacent to an activating group) is 1. The van der Waals surface area contributed by atoms with Crippen LogP contribution in [0.1, 0.15) is 17.6 Å². The average molecular weight is 313 g/mol. The summed E-state index contributed by atoms with van der Waals surface area (Å²) in [5, 5.41) is 3.33. The minimum Gasteiger partial charge on any atom is -0.369 e. The molecule has 0 bridgehead atoms. The molecule has 124 valence electrons. The van der Waals surface area contributed by atoms with Gasteiger partial charge >= 0.3 is 0 Å². The Hall–Kier alpha value is -1.85. The van der Waals surface area contributed by atoms with Crippen molar-refractivity contribution in [3.05, 3.63) is 48.0 Å². The van der Waals surface area contributed by atoms with E-state index in [9.17, 15) is 0 Å². The molecule has 1 aliphatic heterocycles. The minimum atomic E-state index is 0.345. The van der Waals surface area contributed by atoms with Crippen molar-refractivity contribution in [2.75, 3.05) is 44.7 Å². The number of nitrogens with one attached hydrogen (secondary N) is 1. The standard InChI is InChI=1S/C18H27N5/c1-15-20-17(14-21(15)3)18(13-19-2)23-11-9-22(10-12-23)16-7-5-4-6-8-16/h4-8,14,18-19H,9-13H2,1-3H3.